The molecule has 0 spiro atoms. The Bertz CT molecular complexity index is 8560. The fourth-order valence-electron chi connectivity index (χ4n) is 19.5. The summed E-state index contributed by atoms with van der Waals surface area (Å²) in [5, 5.41) is 16.2. The van der Waals surface area contributed by atoms with Crippen LogP contribution in [0, 0.1) is 0 Å². The zero-order valence-corrected chi connectivity index (χ0v) is 86.9. The number of fused-ring (bicyclic) bond motifs is 18. The first-order valence-electron chi connectivity index (χ1n) is 48.8. The van der Waals surface area contributed by atoms with E-state index in [-0.39, 0.29) is 32.5 Å². The molecule has 6 heterocycles. The van der Waals surface area contributed by atoms with E-state index in [4.69, 9.17) is 4.42 Å². The zero-order chi connectivity index (χ0) is 97.0. The van der Waals surface area contributed by atoms with E-state index in [1.807, 2.05) is 51.4 Å². The van der Waals surface area contributed by atoms with Gasteiger partial charge in [0.05, 0.1) is 5.52 Å². The van der Waals surface area contributed by atoms with Crippen molar-refractivity contribution in [1.29, 1.82) is 0 Å². The van der Waals surface area contributed by atoms with Gasteiger partial charge < -0.3 is 8.98 Å². The number of aryl methyl sites for hydroxylation is 1. The van der Waals surface area contributed by atoms with Gasteiger partial charge in [0.15, 0.2) is 0 Å². The van der Waals surface area contributed by atoms with Gasteiger partial charge in [0, 0.05) is 115 Å². The minimum absolute atomic E-state index is 0.0824. The third-order valence-electron chi connectivity index (χ3n) is 27.1. The summed E-state index contributed by atoms with van der Waals surface area (Å²) >= 11 is 7.61. The predicted octanol–water partition coefficient (Wildman–Crippen LogP) is 40.9. The number of hydrogen-bond acceptors (Lipinski definition) is 5. The van der Waals surface area contributed by atoms with Crippen LogP contribution in [0.15, 0.2) is 405 Å². The summed E-state index contributed by atoms with van der Waals surface area (Å²) in [6, 6.07) is 145. The Morgan fingerprint density at radius 3 is 1.01 bits per heavy atom. The van der Waals surface area contributed by atoms with Gasteiger partial charge in [-0.2, -0.15) is 0 Å². The predicted molar refractivity (Wildman–Crippen MR) is 616 cm³/mol. The first-order valence-corrected chi connectivity index (χ1v) is 52.0. The van der Waals surface area contributed by atoms with Gasteiger partial charge in [0.1, 0.15) is 11.2 Å². The van der Waals surface area contributed by atoms with Crippen molar-refractivity contribution in [2.75, 3.05) is 0 Å². The fourth-order valence-corrected chi connectivity index (χ4v) is 24.4. The van der Waals surface area contributed by atoms with Crippen LogP contribution in [0.1, 0.15) is 158 Å². The molecule has 24 rings (SSSR count). The molecule has 0 aliphatic carbocycles. The maximum atomic E-state index is 6.08. The van der Waals surface area contributed by atoms with Crippen LogP contribution in [0.2, 0.25) is 0 Å². The molecule has 6 heteroatoms. The lowest BCUT2D eigenvalue weighted by Crippen LogP contribution is -2.12. The Morgan fingerprint density at radius 2 is 0.525 bits per heavy atom. The third kappa shape index (κ3) is 19.9. The van der Waals surface area contributed by atoms with Crippen LogP contribution in [0.25, 0.3) is 191 Å². The molecule has 0 saturated heterocycles. The lowest BCUT2D eigenvalue weighted by Gasteiger charge is -2.21. The number of furan rings is 1. The lowest BCUT2D eigenvalue weighted by atomic mass is 9.84. The number of aromatic nitrogens is 1. The minimum Gasteiger partial charge on any atom is -0.456 e. The van der Waals surface area contributed by atoms with Gasteiger partial charge in [-0.1, -0.05) is 434 Å². The third-order valence-corrected chi connectivity index (χ3v) is 31.7. The summed E-state index contributed by atoms with van der Waals surface area (Å²) in [4.78, 5) is 0. The van der Waals surface area contributed by atoms with Gasteiger partial charge in [0.25, 0.3) is 0 Å². The van der Waals surface area contributed by atoms with E-state index >= 15 is 0 Å². The van der Waals surface area contributed by atoms with Crippen molar-refractivity contribution in [2.45, 2.75) is 157 Å². The van der Waals surface area contributed by atoms with E-state index in [0.29, 0.717) is 0 Å². The highest BCUT2D eigenvalue weighted by atomic mass is 32.1. The molecule has 0 aliphatic heterocycles. The standard InChI is InChI=1S/C23H23N.C22H20O.4C22H20S/c1-23(2,3)20-12-8-11-18-19-15-17(16-9-6-5-7-10-16)13-14-21(19)24(4)22(18)20;1-22(2,3)18-10-7-11-20-21(18)17-14-16(12-13-19(17)23-20)15-8-5-4-6-9-15;1-22(2,3)18-10-7-11-19-21(18)17-13-12-16(14-20(17)23-19)15-8-5-4-6-9-15;1-22(2,3)19-11-7-10-17-18-14-16(15-8-5-4-6-9-15)12-13-20(18)23-21(17)19;1-22(2,3)17-10-11-18-19-13-16(15-7-5-4-6-8-15)9-12-20(19)23-21(18)14-17;1-22(2,3)17-10-12-20-19(14-17)18-11-9-16(13-21(18)23-20)15-7-5-4-6-8-15/h5-15H,1-4H3;5*4-14H,1-3H3. The SMILES string of the molecule is CC(C)(C)c1ccc2c(c1)sc1ccc(-c3ccccc3)cc12.CC(C)(C)c1ccc2sc3cc(-c4ccccc4)ccc3c2c1.CC(C)(C)c1cccc2c1sc1ccc(-c3ccccc3)cc12.CC(C)(C)c1cccc2oc3ccc(-c4ccccc4)cc3c12.CC(C)(C)c1cccc2sc3cc(-c4ccccc4)ccc3c12.Cn1c2ccc(-c3ccccc3)cc2c2cccc(C(C)(C)C)c21. The average Bonchev–Trinajstić information content (AvgIpc) is 1.58. The number of thiophene rings is 4. The van der Waals surface area contributed by atoms with Crippen LogP contribution >= 0.6 is 45.3 Å². The molecule has 0 unspecified atom stereocenters. The van der Waals surface area contributed by atoms with Gasteiger partial charge in [-0.25, -0.2) is 0 Å². The summed E-state index contributed by atoms with van der Waals surface area (Å²) in [7, 11) is 2.18. The fraction of sp³-hybridized carbons (Fsp3) is 0.188. The second-order valence-corrected chi connectivity index (χ2v) is 47.5. The van der Waals surface area contributed by atoms with Crippen LogP contribution in [0.3, 0.4) is 0 Å². The molecule has 18 aromatic carbocycles. The Labute approximate surface area is 836 Å². The van der Waals surface area contributed by atoms with Crippen LogP contribution in [-0.2, 0) is 39.5 Å². The lowest BCUT2D eigenvalue weighted by molar-refractivity contribution is 0.591. The second kappa shape index (κ2) is 38.3. The van der Waals surface area contributed by atoms with E-state index < -0.39 is 0 Å². The largest absolute Gasteiger partial charge is 0.456 e. The van der Waals surface area contributed by atoms with E-state index in [9.17, 15) is 0 Å². The van der Waals surface area contributed by atoms with Crippen molar-refractivity contribution < 1.29 is 4.42 Å². The van der Waals surface area contributed by atoms with Gasteiger partial charge in [-0.05, 0) is 224 Å². The summed E-state index contributed by atoms with van der Waals surface area (Å²) in [5.41, 5.74) is 29.2. The van der Waals surface area contributed by atoms with Crippen LogP contribution in [-0.4, -0.2) is 4.57 Å². The number of nitrogens with zero attached hydrogens (tertiary/aromatic N) is 1. The Hall–Kier alpha value is -13.6. The minimum atomic E-state index is 0.0824. The molecule has 0 amide bonds. The van der Waals surface area contributed by atoms with E-state index in [0.717, 1.165) is 11.2 Å². The molecule has 0 aliphatic rings. The molecule has 24 aromatic rings. The highest BCUT2D eigenvalue weighted by Gasteiger charge is 2.27. The van der Waals surface area contributed by atoms with E-state index in [1.54, 1.807) is 0 Å². The van der Waals surface area contributed by atoms with Gasteiger partial charge in [-0.3, -0.25) is 0 Å². The Kier molecular flexibility index (Phi) is 26.0. The topological polar surface area (TPSA) is 18.1 Å². The van der Waals surface area contributed by atoms with Gasteiger partial charge >= 0.3 is 0 Å². The van der Waals surface area contributed by atoms with Crippen LogP contribution < -0.4 is 0 Å². The molecule has 0 bridgehead atoms. The molecule has 0 atom stereocenters. The maximum Gasteiger partial charge on any atom is 0.135 e. The number of hydrogen-bond donors (Lipinski definition) is 0. The van der Waals surface area contributed by atoms with Crippen molar-refractivity contribution in [1.82, 2.24) is 4.57 Å². The summed E-state index contributed by atoms with van der Waals surface area (Å²) in [6.07, 6.45) is 0. The molecule has 0 radical (unpaired) electrons. The highest BCUT2D eigenvalue weighted by Crippen LogP contribution is 2.48. The molecule has 2 nitrogen and oxygen atoms in total. The zero-order valence-electron chi connectivity index (χ0n) is 83.6. The van der Waals surface area contributed by atoms with Crippen molar-refractivity contribution in [2.24, 2.45) is 7.05 Å². The highest BCUT2D eigenvalue weighted by molar-refractivity contribution is 7.27. The first kappa shape index (κ1) is 94.4. The maximum absolute atomic E-state index is 6.08. The Morgan fingerprint density at radius 1 is 0.187 bits per heavy atom. The molecule has 0 saturated carbocycles. The molecule has 6 aromatic heterocycles. The van der Waals surface area contributed by atoms with E-state index in [1.165, 1.54) is 213 Å². The molecule has 0 fully saturated rings. The molecule has 690 valence electrons. The van der Waals surface area contributed by atoms with Gasteiger partial charge in [-0.15, -0.1) is 45.3 Å². The van der Waals surface area contributed by atoms with Crippen molar-refractivity contribution in [3.63, 3.8) is 0 Å². The first-order chi connectivity index (χ1) is 66.6. The molecule has 139 heavy (non-hydrogen) atoms. The number of benzene rings is 18. The van der Waals surface area contributed by atoms with Crippen molar-refractivity contribution in [3.8, 4) is 66.8 Å². The summed E-state index contributed by atoms with van der Waals surface area (Å²) in [6.45, 7) is 41.0. The quantitative estimate of drug-likeness (QED) is 0.162. The molecule has 0 N–H and O–H groups in total. The molecular formula is C133H123NOS4. The van der Waals surface area contributed by atoms with Crippen LogP contribution in [0.5, 0.6) is 0 Å². The molecular weight excluding hydrogens is 1760 g/mol. The van der Waals surface area contributed by atoms with Crippen molar-refractivity contribution in [3.05, 3.63) is 434 Å². The smallest absolute Gasteiger partial charge is 0.135 e. The second-order valence-electron chi connectivity index (χ2n) is 43.2. The normalized spacial score (nSPS) is 12.1. The van der Waals surface area contributed by atoms with Gasteiger partial charge in [0.2, 0.25) is 0 Å². The van der Waals surface area contributed by atoms with Crippen molar-refractivity contribution >= 4 is 170 Å². The summed E-state index contributed by atoms with van der Waals surface area (Å²) < 4.78 is 19.5. The monoisotopic (exact) mass is 1880 g/mol. The van der Waals surface area contributed by atoms with E-state index in [2.05, 4.69) is 531 Å². The number of para-hydroxylation sites is 1. The average molecular weight is 1880 g/mol. The number of rotatable bonds is 6. The summed E-state index contributed by atoms with van der Waals surface area (Å²) in [5.74, 6) is 0. The Balaban J connectivity index is 0.000000106. The van der Waals surface area contributed by atoms with Crippen LogP contribution in [0.4, 0.5) is 0 Å².